The lowest BCUT2D eigenvalue weighted by molar-refractivity contribution is -0.146. The van der Waals surface area contributed by atoms with Gasteiger partial charge in [0.25, 0.3) is 0 Å². The van der Waals surface area contributed by atoms with Crippen LogP contribution in [-0.2, 0) is 25.5 Å². The van der Waals surface area contributed by atoms with E-state index in [1.165, 1.54) is 0 Å². The third-order valence-corrected chi connectivity index (χ3v) is 4.66. The monoisotopic (exact) mass is 406 g/mol. The molecule has 1 rings (SSSR count). The Bertz CT molecular complexity index is 699. The van der Waals surface area contributed by atoms with Crippen molar-refractivity contribution in [2.45, 2.75) is 78.4 Å². The summed E-state index contributed by atoms with van der Waals surface area (Å²) in [6.07, 6.45) is 0.480. The van der Waals surface area contributed by atoms with Gasteiger partial charge in [-0.05, 0) is 64.2 Å². The predicted molar refractivity (Wildman–Crippen MR) is 111 cm³/mol. The number of Topliss-reactive ketones (excluding diaryl/α,β-unsaturated/α-hetero) is 1. The molecule has 0 aliphatic carbocycles. The van der Waals surface area contributed by atoms with E-state index in [-0.39, 0.29) is 37.1 Å². The Labute approximate surface area is 173 Å². The molecule has 1 aromatic rings. The molecule has 0 saturated heterocycles. The van der Waals surface area contributed by atoms with Crippen LogP contribution < -0.4 is 0 Å². The molecule has 0 amide bonds. The molecule has 0 bridgehead atoms. The van der Waals surface area contributed by atoms with Crippen LogP contribution in [0, 0.1) is 5.92 Å². The van der Waals surface area contributed by atoms with Crippen molar-refractivity contribution in [2.75, 3.05) is 6.61 Å². The van der Waals surface area contributed by atoms with Crippen LogP contribution in [0.3, 0.4) is 0 Å². The van der Waals surface area contributed by atoms with Crippen molar-refractivity contribution in [1.29, 1.82) is 0 Å². The number of ether oxygens (including phenoxy) is 2. The summed E-state index contributed by atoms with van der Waals surface area (Å²) in [6.45, 7) is 11.0. The zero-order valence-corrected chi connectivity index (χ0v) is 18.4. The molecule has 0 fully saturated rings. The second kappa shape index (κ2) is 10.5. The zero-order chi connectivity index (χ0) is 22.2. The molecule has 0 radical (unpaired) electrons. The van der Waals surface area contributed by atoms with Gasteiger partial charge < -0.3 is 14.6 Å². The molecule has 0 spiro atoms. The quantitative estimate of drug-likeness (QED) is 0.468. The molecular weight excluding hydrogens is 372 g/mol. The number of aliphatic hydroxyl groups is 1. The highest BCUT2D eigenvalue weighted by Gasteiger charge is 2.33. The van der Waals surface area contributed by atoms with Crippen molar-refractivity contribution in [3.8, 4) is 0 Å². The van der Waals surface area contributed by atoms with Crippen LogP contribution in [0.25, 0.3) is 0 Å². The standard InChI is InChI=1S/C23H34O6/c1-7-28-20(25)14-19(24)15-23(27,16(2)3)13-12-17-8-10-18(11-9-17)21(26)29-22(4,5)6/h8-11,16,27H,7,12-15H2,1-6H3. The van der Waals surface area contributed by atoms with E-state index in [9.17, 15) is 19.5 Å². The average molecular weight is 407 g/mol. The fraction of sp³-hybridized carbons (Fsp3) is 0.609. The van der Waals surface area contributed by atoms with Crippen LogP contribution in [0.2, 0.25) is 0 Å². The number of rotatable bonds is 10. The van der Waals surface area contributed by atoms with Crippen LogP contribution >= 0.6 is 0 Å². The molecule has 0 aromatic heterocycles. The minimum atomic E-state index is -1.21. The van der Waals surface area contributed by atoms with E-state index in [0.717, 1.165) is 5.56 Å². The number of carbonyl (C=O) groups is 3. The van der Waals surface area contributed by atoms with Crippen molar-refractivity contribution in [3.63, 3.8) is 0 Å². The van der Waals surface area contributed by atoms with E-state index in [0.29, 0.717) is 18.4 Å². The smallest absolute Gasteiger partial charge is 0.338 e. The lowest BCUT2D eigenvalue weighted by Gasteiger charge is -2.32. The summed E-state index contributed by atoms with van der Waals surface area (Å²) in [6, 6.07) is 7.04. The third kappa shape index (κ3) is 8.77. The van der Waals surface area contributed by atoms with Gasteiger partial charge in [0.05, 0.1) is 17.8 Å². The minimum Gasteiger partial charge on any atom is -0.466 e. The third-order valence-electron chi connectivity index (χ3n) is 4.66. The Morgan fingerprint density at radius 3 is 2.14 bits per heavy atom. The van der Waals surface area contributed by atoms with Crippen molar-refractivity contribution >= 4 is 17.7 Å². The van der Waals surface area contributed by atoms with Crippen LogP contribution in [-0.4, -0.2) is 40.6 Å². The average Bonchev–Trinajstić information content (AvgIpc) is 2.58. The van der Waals surface area contributed by atoms with E-state index in [4.69, 9.17) is 9.47 Å². The first-order valence-corrected chi connectivity index (χ1v) is 10.1. The van der Waals surface area contributed by atoms with Gasteiger partial charge in [0.2, 0.25) is 0 Å². The Hall–Kier alpha value is -2.21. The van der Waals surface area contributed by atoms with Gasteiger partial charge in [-0.1, -0.05) is 26.0 Å². The van der Waals surface area contributed by atoms with Gasteiger partial charge in [0.15, 0.2) is 0 Å². The molecule has 6 nitrogen and oxygen atoms in total. The van der Waals surface area contributed by atoms with Gasteiger partial charge in [0, 0.05) is 6.42 Å². The number of hydrogen-bond donors (Lipinski definition) is 1. The highest BCUT2D eigenvalue weighted by Crippen LogP contribution is 2.28. The lowest BCUT2D eigenvalue weighted by Crippen LogP contribution is -2.38. The maximum Gasteiger partial charge on any atom is 0.338 e. The summed E-state index contributed by atoms with van der Waals surface area (Å²) in [7, 11) is 0. The van der Waals surface area contributed by atoms with Gasteiger partial charge in [-0.3, -0.25) is 9.59 Å². The first-order chi connectivity index (χ1) is 13.4. The van der Waals surface area contributed by atoms with Crippen LogP contribution in [0.1, 0.15) is 76.7 Å². The van der Waals surface area contributed by atoms with E-state index < -0.39 is 17.2 Å². The van der Waals surface area contributed by atoms with E-state index in [1.54, 1.807) is 19.1 Å². The number of aryl methyl sites for hydroxylation is 1. The molecule has 0 aliphatic rings. The van der Waals surface area contributed by atoms with Gasteiger partial charge in [-0.25, -0.2) is 4.79 Å². The highest BCUT2D eigenvalue weighted by atomic mass is 16.6. The number of ketones is 1. The van der Waals surface area contributed by atoms with E-state index in [2.05, 4.69) is 0 Å². The fourth-order valence-electron chi connectivity index (χ4n) is 2.86. The molecular formula is C23H34O6. The summed E-state index contributed by atoms with van der Waals surface area (Å²) in [5, 5.41) is 11.0. The first kappa shape index (κ1) is 24.8. The second-order valence-electron chi connectivity index (χ2n) is 8.65. The highest BCUT2D eigenvalue weighted by molar-refractivity contribution is 5.96. The van der Waals surface area contributed by atoms with Crippen molar-refractivity contribution in [3.05, 3.63) is 35.4 Å². The second-order valence-corrected chi connectivity index (χ2v) is 8.65. The van der Waals surface area contributed by atoms with Crippen molar-refractivity contribution in [1.82, 2.24) is 0 Å². The van der Waals surface area contributed by atoms with Gasteiger partial charge >= 0.3 is 11.9 Å². The van der Waals surface area contributed by atoms with Gasteiger partial charge in [-0.15, -0.1) is 0 Å². The zero-order valence-electron chi connectivity index (χ0n) is 18.4. The van der Waals surface area contributed by atoms with Gasteiger partial charge in [-0.2, -0.15) is 0 Å². The Morgan fingerprint density at radius 2 is 1.66 bits per heavy atom. The molecule has 1 aromatic carbocycles. The summed E-state index contributed by atoms with van der Waals surface area (Å²) in [5.74, 6) is -1.44. The summed E-state index contributed by atoms with van der Waals surface area (Å²) in [5.41, 5.74) is -0.367. The van der Waals surface area contributed by atoms with Crippen LogP contribution in [0.4, 0.5) is 0 Å². The first-order valence-electron chi connectivity index (χ1n) is 10.1. The number of benzene rings is 1. The molecule has 162 valence electrons. The van der Waals surface area contributed by atoms with Crippen molar-refractivity contribution < 1.29 is 29.0 Å². The molecule has 0 saturated carbocycles. The number of carbonyl (C=O) groups excluding carboxylic acids is 3. The summed E-state index contributed by atoms with van der Waals surface area (Å²) < 4.78 is 10.1. The molecule has 1 atom stereocenters. The summed E-state index contributed by atoms with van der Waals surface area (Å²) in [4.78, 5) is 35.8. The predicted octanol–water partition coefficient (Wildman–Crippen LogP) is 3.87. The number of hydrogen-bond acceptors (Lipinski definition) is 6. The molecule has 1 N–H and O–H groups in total. The van der Waals surface area contributed by atoms with Gasteiger partial charge in [0.1, 0.15) is 17.8 Å². The maximum absolute atomic E-state index is 12.2. The van der Waals surface area contributed by atoms with E-state index in [1.807, 2.05) is 46.8 Å². The number of esters is 2. The normalized spacial score (nSPS) is 13.7. The molecule has 0 aliphatic heterocycles. The Balaban J connectivity index is 2.72. The SMILES string of the molecule is CCOC(=O)CC(=O)CC(O)(CCc1ccc(C(=O)OC(C)(C)C)cc1)C(C)C. The molecule has 29 heavy (non-hydrogen) atoms. The van der Waals surface area contributed by atoms with Crippen molar-refractivity contribution in [2.24, 2.45) is 5.92 Å². The fourth-order valence-corrected chi connectivity index (χ4v) is 2.86. The Kier molecular flexibility index (Phi) is 9.02. The lowest BCUT2D eigenvalue weighted by atomic mass is 9.80. The minimum absolute atomic E-state index is 0.0977. The topological polar surface area (TPSA) is 89.9 Å². The van der Waals surface area contributed by atoms with E-state index >= 15 is 0 Å². The summed E-state index contributed by atoms with van der Waals surface area (Å²) >= 11 is 0. The molecule has 1 unspecified atom stereocenters. The molecule has 0 heterocycles. The maximum atomic E-state index is 12.2. The Morgan fingerprint density at radius 1 is 1.07 bits per heavy atom. The van der Waals surface area contributed by atoms with Crippen LogP contribution in [0.15, 0.2) is 24.3 Å². The van der Waals surface area contributed by atoms with Crippen LogP contribution in [0.5, 0.6) is 0 Å². The molecule has 6 heteroatoms. The largest absolute Gasteiger partial charge is 0.466 e.